The molecule has 0 N–H and O–H groups in total. The molecule has 1 aromatic heterocycles. The lowest BCUT2D eigenvalue weighted by molar-refractivity contribution is -0.137. The van der Waals surface area contributed by atoms with Gasteiger partial charge in [0.1, 0.15) is 0 Å². The summed E-state index contributed by atoms with van der Waals surface area (Å²) in [5, 5.41) is 4.75. The number of hydrogen-bond donors (Lipinski definition) is 0. The molecule has 3 nitrogen and oxygen atoms in total. The maximum atomic E-state index is 14.7. The molecule has 0 saturated carbocycles. The van der Waals surface area contributed by atoms with Crippen molar-refractivity contribution in [1.29, 1.82) is 0 Å². The highest BCUT2D eigenvalue weighted by Crippen LogP contribution is 2.47. The molecule has 0 unspecified atom stereocenters. The Morgan fingerprint density at radius 1 is 0.429 bits per heavy atom. The van der Waals surface area contributed by atoms with Gasteiger partial charge in [0.05, 0.1) is 41.6 Å². The molecule has 0 atom stereocenters. The maximum absolute atomic E-state index is 14.7. The molecule has 0 aliphatic rings. The predicted octanol–water partition coefficient (Wildman–Crippen LogP) is 16.1. The second kappa shape index (κ2) is 15.5. The average Bonchev–Trinajstić information content (AvgIpc) is 3.56. The zero-order valence-corrected chi connectivity index (χ0v) is 36.3. The molecule has 1 heterocycles. The summed E-state index contributed by atoms with van der Waals surface area (Å²) in [6.07, 6.45) is -9.21. The fourth-order valence-electron chi connectivity index (χ4n) is 8.46. The van der Waals surface area contributed by atoms with E-state index in [-0.39, 0.29) is 11.4 Å². The quantitative estimate of drug-likeness (QED) is 0.111. The lowest BCUT2D eigenvalue weighted by atomic mass is 10.0. The van der Waals surface area contributed by atoms with E-state index in [1.807, 2.05) is 98.8 Å². The van der Waals surface area contributed by atoms with Crippen molar-refractivity contribution in [2.45, 2.75) is 45.8 Å². The van der Waals surface area contributed by atoms with Crippen molar-refractivity contribution < 1.29 is 26.3 Å². The Balaban J connectivity index is 1.30. The number of fused-ring (bicyclic) bond motifs is 4. The van der Waals surface area contributed by atoms with Crippen LogP contribution in [0.4, 0.5) is 60.5 Å². The Hall–Kier alpha value is -6.78. The van der Waals surface area contributed by atoms with E-state index in [0.29, 0.717) is 22.7 Å². The van der Waals surface area contributed by atoms with E-state index in [1.165, 1.54) is 29.5 Å². The Kier molecular flexibility index (Phi) is 10.2. The van der Waals surface area contributed by atoms with Crippen molar-refractivity contribution in [2.75, 3.05) is 9.80 Å². The van der Waals surface area contributed by atoms with Gasteiger partial charge in [0, 0.05) is 39.2 Å². The fraction of sp³-hybridized carbons (Fsp3) is 0.132. The zero-order valence-electron chi connectivity index (χ0n) is 35.3. The molecule has 0 bridgehead atoms. The number of aryl methyl sites for hydroxylation is 2. The van der Waals surface area contributed by atoms with Crippen LogP contribution in [0.5, 0.6) is 0 Å². The third-order valence-corrected chi connectivity index (χ3v) is 13.8. The first-order valence-electron chi connectivity index (χ1n) is 20.6. The fourth-order valence-corrected chi connectivity index (χ4v) is 9.63. The van der Waals surface area contributed by atoms with Crippen LogP contribution in [0, 0.1) is 13.8 Å². The van der Waals surface area contributed by atoms with E-state index >= 15 is 0 Å². The minimum absolute atomic E-state index is 0.00107. The van der Waals surface area contributed by atoms with Gasteiger partial charge in [-0.25, -0.2) is 0 Å². The van der Waals surface area contributed by atoms with Crippen LogP contribution in [0.15, 0.2) is 170 Å². The number of para-hydroxylation sites is 2. The number of alkyl halides is 6. The molecular weight excluding hydrogens is 821 g/mol. The summed E-state index contributed by atoms with van der Waals surface area (Å²) < 4.78 is 90.1. The lowest BCUT2D eigenvalue weighted by Gasteiger charge is -2.28. The number of anilines is 6. The van der Waals surface area contributed by atoms with Crippen LogP contribution in [0.2, 0.25) is 19.6 Å². The molecular formula is C53H43F6N3Si. The summed E-state index contributed by atoms with van der Waals surface area (Å²) in [6.45, 7) is 10.7. The second-order valence-electron chi connectivity index (χ2n) is 17.1. The molecule has 0 aliphatic carbocycles. The molecule has 0 aliphatic heterocycles. The van der Waals surface area contributed by atoms with E-state index < -0.39 is 31.6 Å². The summed E-state index contributed by atoms with van der Waals surface area (Å²) >= 11 is 0. The summed E-state index contributed by atoms with van der Waals surface area (Å²) in [7, 11) is -1.68. The minimum atomic E-state index is -4.61. The van der Waals surface area contributed by atoms with Gasteiger partial charge in [-0.1, -0.05) is 109 Å². The van der Waals surface area contributed by atoms with Gasteiger partial charge in [0.25, 0.3) is 0 Å². The highest BCUT2D eigenvalue weighted by Gasteiger charge is 2.37. The minimum Gasteiger partial charge on any atom is -0.310 e. The molecule has 0 amide bonds. The first-order chi connectivity index (χ1) is 30.0. The van der Waals surface area contributed by atoms with E-state index in [0.717, 1.165) is 61.5 Å². The highest BCUT2D eigenvalue weighted by atomic mass is 28.3. The van der Waals surface area contributed by atoms with Crippen molar-refractivity contribution in [3.63, 3.8) is 0 Å². The van der Waals surface area contributed by atoms with Gasteiger partial charge in [-0.3, -0.25) is 0 Å². The molecule has 8 aromatic carbocycles. The molecule has 0 spiro atoms. The first kappa shape index (κ1) is 41.6. The van der Waals surface area contributed by atoms with E-state index in [1.54, 1.807) is 21.9 Å². The Morgan fingerprint density at radius 3 is 1.40 bits per heavy atom. The smallest absolute Gasteiger partial charge is 0.310 e. The van der Waals surface area contributed by atoms with Crippen LogP contribution >= 0.6 is 0 Å². The third kappa shape index (κ3) is 7.84. The standard InChI is InChI=1S/C53H43F6N3Si/c1-34-14-19-38(20-15-34)60(48-12-8-6-10-46(48)52(54,55)56)41-23-18-36-31-45-44-29-26-42(61(39-21-16-35(2)17-22-39)49-13-9-7-11-47(49)53(57,58)59)33-51(44)62(50(45)32-37(36)30-41)40-24-27-43(28-25-40)63(3,4)5/h6-33H,1-5H3. The van der Waals surface area contributed by atoms with Crippen LogP contribution in [0.1, 0.15) is 22.3 Å². The lowest BCUT2D eigenvalue weighted by Crippen LogP contribution is -2.37. The summed E-state index contributed by atoms with van der Waals surface area (Å²) in [5.74, 6) is 0. The van der Waals surface area contributed by atoms with Crippen molar-refractivity contribution in [3.05, 3.63) is 192 Å². The summed E-state index contributed by atoms with van der Waals surface area (Å²) in [4.78, 5) is 3.29. The number of benzene rings is 8. The van der Waals surface area contributed by atoms with Crippen molar-refractivity contribution in [1.82, 2.24) is 4.57 Å². The topological polar surface area (TPSA) is 11.4 Å². The molecule has 63 heavy (non-hydrogen) atoms. The molecule has 0 fully saturated rings. The number of rotatable bonds is 8. The van der Waals surface area contributed by atoms with Gasteiger partial charge in [-0.05, 0) is 122 Å². The van der Waals surface area contributed by atoms with Gasteiger partial charge in [-0.2, -0.15) is 26.3 Å². The number of aromatic nitrogens is 1. The molecule has 9 aromatic rings. The van der Waals surface area contributed by atoms with Crippen molar-refractivity contribution in [2.24, 2.45) is 0 Å². The predicted molar refractivity (Wildman–Crippen MR) is 250 cm³/mol. The third-order valence-electron chi connectivity index (χ3n) is 11.7. The summed E-state index contributed by atoms with van der Waals surface area (Å²) in [6, 6.07) is 50.1. The molecule has 9 rings (SSSR count). The SMILES string of the molecule is Cc1ccc(N(c2ccc3cc4c5ccc(N(c6ccc(C)cc6)c6ccccc6C(F)(F)F)cc5n(-c5ccc([Si](C)(C)C)cc5)c4cc3c2)c2ccccc2C(F)(F)F)cc1. The van der Waals surface area contributed by atoms with E-state index in [9.17, 15) is 26.3 Å². The number of nitrogens with zero attached hydrogens (tertiary/aromatic N) is 3. The largest absolute Gasteiger partial charge is 0.418 e. The Bertz CT molecular complexity index is 3140. The number of hydrogen-bond acceptors (Lipinski definition) is 2. The van der Waals surface area contributed by atoms with Crippen LogP contribution < -0.4 is 15.0 Å². The van der Waals surface area contributed by atoms with Gasteiger partial charge in [-0.15, -0.1) is 0 Å². The zero-order chi connectivity index (χ0) is 44.4. The monoisotopic (exact) mass is 863 g/mol. The Morgan fingerprint density at radius 2 is 0.889 bits per heavy atom. The number of halogens is 6. The van der Waals surface area contributed by atoms with Gasteiger partial charge >= 0.3 is 12.4 Å². The van der Waals surface area contributed by atoms with E-state index in [4.69, 9.17) is 0 Å². The Labute approximate surface area is 363 Å². The van der Waals surface area contributed by atoms with Crippen LogP contribution in [-0.2, 0) is 12.4 Å². The van der Waals surface area contributed by atoms with Crippen molar-refractivity contribution >= 4 is 80.0 Å². The average molecular weight is 864 g/mol. The van der Waals surface area contributed by atoms with Gasteiger partial charge in [0.2, 0.25) is 0 Å². The highest BCUT2D eigenvalue weighted by molar-refractivity contribution is 6.88. The van der Waals surface area contributed by atoms with Gasteiger partial charge < -0.3 is 14.4 Å². The van der Waals surface area contributed by atoms with Crippen LogP contribution in [0.3, 0.4) is 0 Å². The second-order valence-corrected chi connectivity index (χ2v) is 22.2. The van der Waals surface area contributed by atoms with Crippen LogP contribution in [0.25, 0.3) is 38.3 Å². The normalized spacial score (nSPS) is 12.4. The maximum Gasteiger partial charge on any atom is 0.418 e. The van der Waals surface area contributed by atoms with Crippen molar-refractivity contribution in [3.8, 4) is 5.69 Å². The molecule has 0 saturated heterocycles. The molecule has 10 heteroatoms. The van der Waals surface area contributed by atoms with E-state index in [2.05, 4.69) is 60.6 Å². The first-order valence-corrected chi connectivity index (χ1v) is 24.1. The van der Waals surface area contributed by atoms with Crippen LogP contribution in [-0.4, -0.2) is 12.6 Å². The molecule has 0 radical (unpaired) electrons. The van der Waals surface area contributed by atoms with Gasteiger partial charge in [0.15, 0.2) is 0 Å². The molecule has 316 valence electrons. The summed E-state index contributed by atoms with van der Waals surface area (Å²) in [5.41, 5.74) is 5.15.